The Bertz CT molecular complexity index is 386. The molecule has 1 aromatic rings. The molecule has 1 rings (SSSR count). The molecule has 18 heavy (non-hydrogen) atoms. The zero-order valence-corrected chi connectivity index (χ0v) is 10.8. The molecule has 0 aliphatic carbocycles. The second kappa shape index (κ2) is 7.80. The Morgan fingerprint density at radius 1 is 1.44 bits per heavy atom. The average Bonchev–Trinajstić information content (AvgIpc) is 2.80. The predicted molar refractivity (Wildman–Crippen MR) is 73.8 cm³/mol. The van der Waals surface area contributed by atoms with E-state index in [4.69, 9.17) is 11.5 Å². The van der Waals surface area contributed by atoms with Gasteiger partial charge in [-0.1, -0.05) is 0 Å². The molecule has 0 aliphatic heterocycles. The van der Waals surface area contributed by atoms with Crippen LogP contribution in [0.2, 0.25) is 0 Å². The summed E-state index contributed by atoms with van der Waals surface area (Å²) < 4.78 is 0. The molecule has 0 unspecified atom stereocenters. The average molecular weight is 270 g/mol. The third-order valence-electron chi connectivity index (χ3n) is 2.25. The van der Waals surface area contributed by atoms with Crippen LogP contribution in [0.25, 0.3) is 0 Å². The third kappa shape index (κ3) is 5.76. The standard InChI is InChI=1S/C11H18N4O2S/c12-11(13)14-4-1-2-9(10(16)17)15-6-8-3-5-18-7-8/h3,5-7,9-10,16-17H,1-2,4H2,(H4,12,13,14)/t9-/m0/s1. The zero-order chi connectivity index (χ0) is 13.4. The minimum absolute atomic E-state index is 0.0397. The lowest BCUT2D eigenvalue weighted by molar-refractivity contribution is -0.0589. The molecule has 0 saturated heterocycles. The van der Waals surface area contributed by atoms with Crippen molar-refractivity contribution in [2.24, 2.45) is 21.5 Å². The topological polar surface area (TPSA) is 117 Å². The van der Waals surface area contributed by atoms with Crippen molar-refractivity contribution in [3.8, 4) is 0 Å². The summed E-state index contributed by atoms with van der Waals surface area (Å²) in [6.07, 6.45) is 1.32. The zero-order valence-electron chi connectivity index (χ0n) is 9.94. The molecule has 1 atom stereocenters. The van der Waals surface area contributed by atoms with E-state index in [9.17, 15) is 10.2 Å². The minimum atomic E-state index is -1.47. The molecular weight excluding hydrogens is 252 g/mol. The summed E-state index contributed by atoms with van der Waals surface area (Å²) in [5.41, 5.74) is 11.3. The van der Waals surface area contributed by atoms with Crippen LogP contribution in [0.3, 0.4) is 0 Å². The first-order chi connectivity index (χ1) is 8.59. The van der Waals surface area contributed by atoms with Crippen molar-refractivity contribution in [2.75, 3.05) is 6.54 Å². The van der Waals surface area contributed by atoms with Gasteiger partial charge in [-0.05, 0) is 29.7 Å². The monoisotopic (exact) mass is 270 g/mol. The van der Waals surface area contributed by atoms with Crippen LogP contribution in [0.15, 0.2) is 26.8 Å². The predicted octanol–water partition coefficient (Wildman–Crippen LogP) is -0.100. The Morgan fingerprint density at radius 3 is 2.78 bits per heavy atom. The van der Waals surface area contributed by atoms with Gasteiger partial charge in [0.2, 0.25) is 0 Å². The van der Waals surface area contributed by atoms with Crippen LogP contribution in [0.4, 0.5) is 0 Å². The van der Waals surface area contributed by atoms with E-state index in [0.29, 0.717) is 19.4 Å². The number of rotatable bonds is 7. The van der Waals surface area contributed by atoms with E-state index in [1.54, 1.807) is 17.6 Å². The molecule has 0 aliphatic rings. The summed E-state index contributed by atoms with van der Waals surface area (Å²) in [5.74, 6) is 0.0397. The van der Waals surface area contributed by atoms with Gasteiger partial charge < -0.3 is 21.7 Å². The molecule has 0 spiro atoms. The van der Waals surface area contributed by atoms with Gasteiger partial charge in [0, 0.05) is 18.3 Å². The fraction of sp³-hybridized carbons (Fsp3) is 0.455. The van der Waals surface area contributed by atoms with Crippen molar-refractivity contribution >= 4 is 23.5 Å². The molecule has 0 fully saturated rings. The number of aliphatic hydroxyl groups excluding tert-OH is 1. The number of nitrogens with zero attached hydrogens (tertiary/aromatic N) is 2. The van der Waals surface area contributed by atoms with Crippen LogP contribution < -0.4 is 11.5 Å². The van der Waals surface area contributed by atoms with Gasteiger partial charge in [-0.15, -0.1) is 0 Å². The number of guanidine groups is 1. The third-order valence-corrected chi connectivity index (χ3v) is 2.96. The molecule has 6 N–H and O–H groups in total. The van der Waals surface area contributed by atoms with Crippen LogP contribution in [0, 0.1) is 0 Å². The lowest BCUT2D eigenvalue weighted by atomic mass is 10.1. The number of thiophene rings is 1. The Balaban J connectivity index is 2.43. The fourth-order valence-corrected chi connectivity index (χ4v) is 1.95. The van der Waals surface area contributed by atoms with Crippen molar-refractivity contribution in [3.05, 3.63) is 22.4 Å². The second-order valence-corrected chi connectivity index (χ2v) is 4.54. The first kappa shape index (κ1) is 14.6. The molecule has 1 aromatic heterocycles. The Labute approximate surface area is 110 Å². The quantitative estimate of drug-likeness (QED) is 0.239. The van der Waals surface area contributed by atoms with Crippen molar-refractivity contribution in [3.63, 3.8) is 0 Å². The largest absolute Gasteiger partial charge is 0.370 e. The van der Waals surface area contributed by atoms with Crippen LogP contribution in [-0.4, -0.2) is 41.3 Å². The summed E-state index contributed by atoms with van der Waals surface area (Å²) >= 11 is 1.56. The smallest absolute Gasteiger partial charge is 0.185 e. The molecule has 0 aromatic carbocycles. The molecule has 100 valence electrons. The normalized spacial score (nSPS) is 13.1. The van der Waals surface area contributed by atoms with E-state index in [1.807, 2.05) is 16.8 Å². The Hall–Kier alpha value is -1.44. The van der Waals surface area contributed by atoms with Gasteiger partial charge >= 0.3 is 0 Å². The molecule has 0 saturated carbocycles. The van der Waals surface area contributed by atoms with E-state index in [2.05, 4.69) is 9.98 Å². The molecule has 0 radical (unpaired) electrons. The summed E-state index contributed by atoms with van der Waals surface area (Å²) in [6.45, 7) is 0.458. The number of nitrogens with two attached hydrogens (primary N) is 2. The highest BCUT2D eigenvalue weighted by Gasteiger charge is 2.13. The van der Waals surface area contributed by atoms with Crippen molar-refractivity contribution in [1.82, 2.24) is 0 Å². The van der Waals surface area contributed by atoms with Crippen molar-refractivity contribution in [1.29, 1.82) is 0 Å². The maximum Gasteiger partial charge on any atom is 0.185 e. The lowest BCUT2D eigenvalue weighted by Crippen LogP contribution is -2.25. The number of aliphatic imine (C=N–C) groups is 2. The first-order valence-corrected chi connectivity index (χ1v) is 6.51. The van der Waals surface area contributed by atoms with Crippen LogP contribution in [-0.2, 0) is 0 Å². The highest BCUT2D eigenvalue weighted by molar-refractivity contribution is 7.08. The van der Waals surface area contributed by atoms with Gasteiger partial charge in [0.25, 0.3) is 0 Å². The highest BCUT2D eigenvalue weighted by Crippen LogP contribution is 2.08. The molecule has 0 amide bonds. The lowest BCUT2D eigenvalue weighted by Gasteiger charge is -2.13. The van der Waals surface area contributed by atoms with Gasteiger partial charge in [-0.2, -0.15) is 11.3 Å². The summed E-state index contributed by atoms with van der Waals surface area (Å²) in [7, 11) is 0. The molecule has 7 heteroatoms. The van der Waals surface area contributed by atoms with Gasteiger partial charge in [-0.3, -0.25) is 9.98 Å². The highest BCUT2D eigenvalue weighted by atomic mass is 32.1. The molecular formula is C11H18N4O2S. The van der Waals surface area contributed by atoms with Gasteiger partial charge in [-0.25, -0.2) is 0 Å². The van der Waals surface area contributed by atoms with Gasteiger partial charge in [0.15, 0.2) is 12.2 Å². The van der Waals surface area contributed by atoms with Crippen molar-refractivity contribution < 1.29 is 10.2 Å². The van der Waals surface area contributed by atoms with Crippen LogP contribution >= 0.6 is 11.3 Å². The summed E-state index contributed by atoms with van der Waals surface area (Å²) in [4.78, 5) is 7.98. The first-order valence-electron chi connectivity index (χ1n) is 5.56. The fourth-order valence-electron chi connectivity index (χ4n) is 1.34. The number of hydrogen-bond acceptors (Lipinski definition) is 5. The minimum Gasteiger partial charge on any atom is -0.370 e. The van der Waals surface area contributed by atoms with Crippen LogP contribution in [0.5, 0.6) is 0 Å². The Kier molecular flexibility index (Phi) is 6.34. The Morgan fingerprint density at radius 2 is 2.22 bits per heavy atom. The second-order valence-electron chi connectivity index (χ2n) is 3.76. The van der Waals surface area contributed by atoms with E-state index >= 15 is 0 Å². The van der Waals surface area contributed by atoms with Gasteiger partial charge in [0.05, 0.1) is 0 Å². The summed E-state index contributed by atoms with van der Waals surface area (Å²) in [5, 5.41) is 22.3. The van der Waals surface area contributed by atoms with Gasteiger partial charge in [0.1, 0.15) is 6.04 Å². The number of hydrogen-bond donors (Lipinski definition) is 4. The molecule has 6 nitrogen and oxygen atoms in total. The summed E-state index contributed by atoms with van der Waals surface area (Å²) in [6, 6.07) is 1.35. The maximum atomic E-state index is 9.21. The number of aliphatic hydroxyl groups is 2. The van der Waals surface area contributed by atoms with E-state index in [0.717, 1.165) is 5.56 Å². The maximum absolute atomic E-state index is 9.21. The van der Waals surface area contributed by atoms with Crippen molar-refractivity contribution in [2.45, 2.75) is 25.2 Å². The van der Waals surface area contributed by atoms with E-state index in [1.165, 1.54) is 0 Å². The van der Waals surface area contributed by atoms with E-state index in [-0.39, 0.29) is 5.96 Å². The SMILES string of the molecule is NC(N)=NCCC[C@H](N=Cc1ccsc1)C(O)O. The molecule has 0 bridgehead atoms. The van der Waals surface area contributed by atoms with E-state index < -0.39 is 12.3 Å². The van der Waals surface area contributed by atoms with Crippen LogP contribution in [0.1, 0.15) is 18.4 Å². The molecule has 1 heterocycles.